The molecule has 2 aliphatic rings. The Morgan fingerprint density at radius 2 is 1.93 bits per heavy atom. The van der Waals surface area contributed by atoms with Crippen LogP contribution in [0.4, 0.5) is 4.39 Å². The van der Waals surface area contributed by atoms with Gasteiger partial charge in [-0.2, -0.15) is 0 Å². The number of nitrogens with zero attached hydrogens (tertiary/aromatic N) is 1. The van der Waals surface area contributed by atoms with E-state index in [4.69, 9.17) is 4.74 Å². The molecule has 27 heavy (non-hydrogen) atoms. The van der Waals surface area contributed by atoms with Crippen molar-refractivity contribution in [2.24, 2.45) is 5.92 Å². The van der Waals surface area contributed by atoms with Crippen molar-refractivity contribution in [1.82, 2.24) is 10.2 Å². The highest BCUT2D eigenvalue weighted by Crippen LogP contribution is 2.44. The maximum absolute atomic E-state index is 13.6. The zero-order valence-corrected chi connectivity index (χ0v) is 15.3. The molecule has 2 fully saturated rings. The van der Waals surface area contributed by atoms with E-state index in [1.54, 1.807) is 18.2 Å². The minimum atomic E-state index is -0.382. The third kappa shape index (κ3) is 3.83. The smallest absolute Gasteiger partial charge is 0.224 e. The first-order chi connectivity index (χ1) is 13.2. The topological polar surface area (TPSA) is 41.6 Å². The molecule has 0 aromatic heterocycles. The normalized spacial score (nSPS) is 24.6. The van der Waals surface area contributed by atoms with Crippen LogP contribution in [-0.4, -0.2) is 36.5 Å². The van der Waals surface area contributed by atoms with Gasteiger partial charge in [-0.25, -0.2) is 4.39 Å². The summed E-state index contributed by atoms with van der Waals surface area (Å²) in [5, 5.41) is 2.99. The van der Waals surface area contributed by atoms with Crippen LogP contribution in [0.25, 0.3) is 0 Å². The molecule has 0 bridgehead atoms. The Bertz CT molecular complexity index is 783. The van der Waals surface area contributed by atoms with Crippen LogP contribution in [0, 0.1) is 11.7 Å². The van der Waals surface area contributed by atoms with Gasteiger partial charge >= 0.3 is 0 Å². The van der Waals surface area contributed by atoms with Crippen LogP contribution in [0.3, 0.4) is 0 Å². The molecule has 2 aromatic rings. The molecule has 2 aromatic carbocycles. The van der Waals surface area contributed by atoms with Crippen molar-refractivity contribution in [2.45, 2.75) is 31.3 Å². The van der Waals surface area contributed by atoms with E-state index in [-0.39, 0.29) is 30.0 Å². The maximum atomic E-state index is 13.6. The number of amides is 1. The Labute approximate surface area is 159 Å². The quantitative estimate of drug-likeness (QED) is 0.793. The average Bonchev–Trinajstić information content (AvgIpc) is 3.30. The Morgan fingerprint density at radius 3 is 2.74 bits per heavy atom. The fourth-order valence-corrected chi connectivity index (χ4v) is 4.48. The number of rotatable bonds is 6. The molecular formula is C22H25FN2O2. The van der Waals surface area contributed by atoms with E-state index in [1.165, 1.54) is 11.6 Å². The molecule has 0 saturated carbocycles. The fourth-order valence-electron chi connectivity index (χ4n) is 4.48. The lowest BCUT2D eigenvalue weighted by Gasteiger charge is -2.24. The van der Waals surface area contributed by atoms with Crippen LogP contribution in [0.15, 0.2) is 54.6 Å². The van der Waals surface area contributed by atoms with Crippen LogP contribution in [0.1, 0.15) is 30.9 Å². The Morgan fingerprint density at radius 1 is 1.15 bits per heavy atom. The first-order valence-corrected chi connectivity index (χ1v) is 9.70. The molecule has 1 amide bonds. The molecule has 2 heterocycles. The summed E-state index contributed by atoms with van der Waals surface area (Å²) in [4.78, 5) is 15.3. The lowest BCUT2D eigenvalue weighted by atomic mass is 9.93. The molecule has 4 rings (SSSR count). The largest absolute Gasteiger partial charge is 0.489 e. The van der Waals surface area contributed by atoms with E-state index in [2.05, 4.69) is 34.5 Å². The minimum Gasteiger partial charge on any atom is -0.489 e. The van der Waals surface area contributed by atoms with Gasteiger partial charge in [0.05, 0.1) is 12.5 Å². The predicted molar refractivity (Wildman–Crippen MR) is 102 cm³/mol. The molecule has 0 aliphatic carbocycles. The molecule has 0 unspecified atom stereocenters. The van der Waals surface area contributed by atoms with Crippen molar-refractivity contribution in [3.63, 3.8) is 0 Å². The van der Waals surface area contributed by atoms with E-state index in [1.807, 2.05) is 6.07 Å². The van der Waals surface area contributed by atoms with Crippen molar-refractivity contribution >= 4 is 5.91 Å². The Hall–Kier alpha value is -2.40. The molecule has 4 nitrogen and oxygen atoms in total. The molecule has 3 atom stereocenters. The lowest BCUT2D eigenvalue weighted by Crippen LogP contribution is -2.39. The van der Waals surface area contributed by atoms with Gasteiger partial charge in [-0.1, -0.05) is 42.5 Å². The number of ether oxygens (including phenoxy) is 1. The summed E-state index contributed by atoms with van der Waals surface area (Å²) in [6, 6.07) is 17.4. The van der Waals surface area contributed by atoms with Gasteiger partial charge < -0.3 is 10.1 Å². The molecule has 142 valence electrons. The molecule has 0 spiro atoms. The summed E-state index contributed by atoms with van der Waals surface area (Å²) in [6.07, 6.45) is 3.08. The molecule has 2 saturated heterocycles. The van der Waals surface area contributed by atoms with Crippen molar-refractivity contribution in [3.05, 3.63) is 66.0 Å². The summed E-state index contributed by atoms with van der Waals surface area (Å²) in [5.74, 6) is -0.0701. The van der Waals surface area contributed by atoms with Gasteiger partial charge in [0.1, 0.15) is 6.61 Å². The first kappa shape index (κ1) is 18.0. The summed E-state index contributed by atoms with van der Waals surface area (Å²) < 4.78 is 19.0. The number of hydrogen-bond acceptors (Lipinski definition) is 3. The number of nitrogens with one attached hydrogen (secondary N) is 1. The average molecular weight is 368 g/mol. The summed E-state index contributed by atoms with van der Waals surface area (Å²) in [7, 11) is 0. The van der Waals surface area contributed by atoms with Gasteiger partial charge in [-0.15, -0.1) is 0 Å². The van der Waals surface area contributed by atoms with E-state index in [9.17, 15) is 9.18 Å². The monoisotopic (exact) mass is 368 g/mol. The predicted octanol–water partition coefficient (Wildman–Crippen LogP) is 3.55. The number of halogens is 1. The third-order valence-corrected chi connectivity index (χ3v) is 5.70. The minimum absolute atomic E-state index is 0.00571. The third-order valence-electron chi connectivity index (χ3n) is 5.70. The van der Waals surface area contributed by atoms with Gasteiger partial charge in [-0.05, 0) is 43.5 Å². The van der Waals surface area contributed by atoms with Crippen molar-refractivity contribution in [1.29, 1.82) is 0 Å². The highest BCUT2D eigenvalue weighted by Gasteiger charge is 2.46. The van der Waals surface area contributed by atoms with E-state index >= 15 is 0 Å². The van der Waals surface area contributed by atoms with Gasteiger partial charge in [0.25, 0.3) is 0 Å². The maximum Gasteiger partial charge on any atom is 0.224 e. The molecule has 5 heteroatoms. The zero-order chi connectivity index (χ0) is 18.6. The second-order valence-electron chi connectivity index (χ2n) is 7.29. The number of carbonyl (C=O) groups is 1. The molecule has 2 aliphatic heterocycles. The van der Waals surface area contributed by atoms with Crippen molar-refractivity contribution in [2.75, 3.05) is 19.7 Å². The summed E-state index contributed by atoms with van der Waals surface area (Å²) >= 11 is 0. The highest BCUT2D eigenvalue weighted by atomic mass is 19.1. The van der Waals surface area contributed by atoms with Crippen LogP contribution in [0.5, 0.6) is 5.75 Å². The number of carbonyl (C=O) groups excluding carboxylic acids is 1. The van der Waals surface area contributed by atoms with E-state index in [0.717, 1.165) is 25.8 Å². The standard InChI is InChI=1S/C22H25FN2O2/c23-18-9-4-5-11-21(18)27-14-12-24-22(26)17-15-20(16-7-2-1-3-8-16)25-13-6-10-19(17)25/h1-5,7-9,11,17,19-20H,6,10,12-15H2,(H,24,26)/t17-,19+,20-/m0/s1. The number of para-hydroxylation sites is 1. The van der Waals surface area contributed by atoms with Crippen LogP contribution < -0.4 is 10.1 Å². The first-order valence-electron chi connectivity index (χ1n) is 9.70. The zero-order valence-electron chi connectivity index (χ0n) is 15.3. The van der Waals surface area contributed by atoms with Gasteiger partial charge in [0.15, 0.2) is 11.6 Å². The van der Waals surface area contributed by atoms with Crippen LogP contribution in [0.2, 0.25) is 0 Å². The van der Waals surface area contributed by atoms with Crippen LogP contribution in [-0.2, 0) is 4.79 Å². The van der Waals surface area contributed by atoms with Gasteiger partial charge in [-0.3, -0.25) is 9.69 Å². The number of hydrogen-bond donors (Lipinski definition) is 1. The molecular weight excluding hydrogens is 343 g/mol. The number of fused-ring (bicyclic) bond motifs is 1. The van der Waals surface area contributed by atoms with Crippen LogP contribution >= 0.6 is 0 Å². The van der Waals surface area contributed by atoms with Gasteiger partial charge in [0.2, 0.25) is 5.91 Å². The second kappa shape index (κ2) is 8.09. The SMILES string of the molecule is O=C(NCCOc1ccccc1F)[C@H]1C[C@@H](c2ccccc2)N2CCC[C@H]12. The summed E-state index contributed by atoms with van der Waals surface area (Å²) in [5.41, 5.74) is 1.29. The Kier molecular flexibility index (Phi) is 5.39. The van der Waals surface area contributed by atoms with E-state index < -0.39 is 0 Å². The molecule has 1 N–H and O–H groups in total. The fraction of sp³-hybridized carbons (Fsp3) is 0.409. The van der Waals surface area contributed by atoms with Crippen molar-refractivity contribution < 1.29 is 13.9 Å². The highest BCUT2D eigenvalue weighted by molar-refractivity contribution is 5.80. The Balaban J connectivity index is 1.33. The summed E-state index contributed by atoms with van der Waals surface area (Å²) in [6.45, 7) is 1.70. The second-order valence-corrected chi connectivity index (χ2v) is 7.29. The number of benzene rings is 2. The lowest BCUT2D eigenvalue weighted by molar-refractivity contribution is -0.125. The van der Waals surface area contributed by atoms with Crippen molar-refractivity contribution in [3.8, 4) is 5.75 Å². The molecule has 0 radical (unpaired) electrons. The van der Waals surface area contributed by atoms with Gasteiger partial charge in [0, 0.05) is 12.1 Å². The van der Waals surface area contributed by atoms with E-state index in [0.29, 0.717) is 18.6 Å².